The van der Waals surface area contributed by atoms with Crippen molar-refractivity contribution < 1.29 is 4.74 Å². The Hall–Kier alpha value is -0.410. The molecular formula is C10H10Cl3NO. The summed E-state index contributed by atoms with van der Waals surface area (Å²) in [7, 11) is 0. The Morgan fingerprint density at radius 2 is 1.73 bits per heavy atom. The molecule has 0 bridgehead atoms. The second kappa shape index (κ2) is 6.23. The fourth-order valence-corrected chi connectivity index (χ4v) is 1.89. The molecule has 1 rings (SSSR count). The lowest BCUT2D eigenvalue weighted by Crippen LogP contribution is -1.98. The fraction of sp³-hybridized carbons (Fsp3) is 0.200. The van der Waals surface area contributed by atoms with Gasteiger partial charge in [0.2, 0.25) is 0 Å². The van der Waals surface area contributed by atoms with Gasteiger partial charge in [-0.3, -0.25) is 0 Å². The summed E-state index contributed by atoms with van der Waals surface area (Å²) < 4.78 is 5.36. The van der Waals surface area contributed by atoms with Crippen LogP contribution in [0.5, 0.6) is 5.75 Å². The van der Waals surface area contributed by atoms with Crippen LogP contribution in [0.3, 0.4) is 0 Å². The Morgan fingerprint density at radius 3 is 2.27 bits per heavy atom. The average Bonchev–Trinajstić information content (AvgIpc) is 2.15. The molecule has 0 saturated carbocycles. The lowest BCUT2D eigenvalue weighted by molar-refractivity contribution is 0.363. The topological polar surface area (TPSA) is 35.2 Å². The molecule has 0 aromatic heterocycles. The normalized spacial score (nSPS) is 10.9. The smallest absolute Gasteiger partial charge is 0.157 e. The second-order valence-corrected chi connectivity index (χ2v) is 3.97. The SMILES string of the molecule is NCC=CCOc1c(Cl)cc(Cl)cc1Cl. The highest BCUT2D eigenvalue weighted by molar-refractivity contribution is 6.40. The standard InChI is InChI=1S/C10H10Cl3NO/c11-7-5-8(12)10(9(13)6-7)15-4-2-1-3-14/h1-2,5-6H,3-4,14H2. The monoisotopic (exact) mass is 265 g/mol. The number of halogens is 3. The van der Waals surface area contributed by atoms with E-state index in [-0.39, 0.29) is 0 Å². The zero-order valence-electron chi connectivity index (χ0n) is 7.84. The first-order valence-corrected chi connectivity index (χ1v) is 5.41. The van der Waals surface area contributed by atoms with E-state index < -0.39 is 0 Å². The van der Waals surface area contributed by atoms with Crippen molar-refractivity contribution in [2.75, 3.05) is 13.2 Å². The Kier molecular flexibility index (Phi) is 5.26. The molecule has 0 saturated heterocycles. The van der Waals surface area contributed by atoms with Crippen molar-refractivity contribution in [1.29, 1.82) is 0 Å². The van der Waals surface area contributed by atoms with Gasteiger partial charge in [0.15, 0.2) is 5.75 Å². The number of benzene rings is 1. The van der Waals surface area contributed by atoms with Gasteiger partial charge in [-0.1, -0.05) is 47.0 Å². The zero-order chi connectivity index (χ0) is 11.3. The maximum Gasteiger partial charge on any atom is 0.157 e. The maximum atomic E-state index is 5.90. The minimum Gasteiger partial charge on any atom is -0.486 e. The van der Waals surface area contributed by atoms with E-state index in [2.05, 4.69) is 0 Å². The second-order valence-electron chi connectivity index (χ2n) is 2.72. The molecule has 1 aromatic carbocycles. The molecule has 5 heteroatoms. The molecule has 82 valence electrons. The van der Waals surface area contributed by atoms with Crippen molar-refractivity contribution in [3.63, 3.8) is 0 Å². The third-order valence-electron chi connectivity index (χ3n) is 1.59. The third kappa shape index (κ3) is 3.92. The van der Waals surface area contributed by atoms with Crippen molar-refractivity contribution in [3.8, 4) is 5.75 Å². The van der Waals surface area contributed by atoms with Gasteiger partial charge in [0.25, 0.3) is 0 Å². The van der Waals surface area contributed by atoms with Gasteiger partial charge >= 0.3 is 0 Å². The Bertz CT molecular complexity index is 343. The lowest BCUT2D eigenvalue weighted by Gasteiger charge is -2.08. The minimum absolute atomic E-state index is 0.373. The van der Waals surface area contributed by atoms with Crippen LogP contribution >= 0.6 is 34.8 Å². The van der Waals surface area contributed by atoms with Crippen LogP contribution in [0.1, 0.15) is 0 Å². The van der Waals surface area contributed by atoms with Crippen LogP contribution in [0.2, 0.25) is 15.1 Å². The molecule has 0 spiro atoms. The van der Waals surface area contributed by atoms with Crippen molar-refractivity contribution in [2.24, 2.45) is 5.73 Å². The number of hydrogen-bond acceptors (Lipinski definition) is 2. The van der Waals surface area contributed by atoms with Gasteiger partial charge in [0.1, 0.15) is 6.61 Å². The van der Waals surface area contributed by atoms with Crippen molar-refractivity contribution in [1.82, 2.24) is 0 Å². The van der Waals surface area contributed by atoms with Crippen LogP contribution in [0.25, 0.3) is 0 Å². The number of hydrogen-bond donors (Lipinski definition) is 1. The molecule has 0 aliphatic heterocycles. The first-order chi connectivity index (χ1) is 7.15. The number of nitrogens with two attached hydrogens (primary N) is 1. The molecule has 2 N–H and O–H groups in total. The molecule has 2 nitrogen and oxygen atoms in total. The van der Waals surface area contributed by atoms with Crippen LogP contribution in [0.4, 0.5) is 0 Å². The van der Waals surface area contributed by atoms with E-state index in [0.29, 0.717) is 34.0 Å². The van der Waals surface area contributed by atoms with E-state index in [9.17, 15) is 0 Å². The highest BCUT2D eigenvalue weighted by atomic mass is 35.5. The van der Waals surface area contributed by atoms with Crippen LogP contribution < -0.4 is 10.5 Å². The van der Waals surface area contributed by atoms with E-state index in [1.54, 1.807) is 24.3 Å². The summed E-state index contributed by atoms with van der Waals surface area (Å²) >= 11 is 17.6. The molecule has 0 unspecified atom stereocenters. The molecule has 0 atom stereocenters. The molecule has 1 aromatic rings. The Balaban J connectivity index is 2.72. The average molecular weight is 267 g/mol. The molecule has 0 amide bonds. The summed E-state index contributed by atoms with van der Waals surface area (Å²) in [5.74, 6) is 0.435. The van der Waals surface area contributed by atoms with Gasteiger partial charge in [-0.05, 0) is 12.1 Å². The van der Waals surface area contributed by atoms with Gasteiger partial charge < -0.3 is 10.5 Å². The number of rotatable bonds is 4. The predicted molar refractivity (Wildman–Crippen MR) is 65.2 cm³/mol. The zero-order valence-corrected chi connectivity index (χ0v) is 10.1. The minimum atomic E-state index is 0.373. The lowest BCUT2D eigenvalue weighted by atomic mass is 10.3. The van der Waals surface area contributed by atoms with Crippen LogP contribution in [-0.4, -0.2) is 13.2 Å². The summed E-state index contributed by atoms with van der Waals surface area (Å²) in [6, 6.07) is 3.16. The van der Waals surface area contributed by atoms with E-state index >= 15 is 0 Å². The van der Waals surface area contributed by atoms with Crippen molar-refractivity contribution in [2.45, 2.75) is 0 Å². The van der Waals surface area contributed by atoms with E-state index in [1.807, 2.05) is 0 Å². The van der Waals surface area contributed by atoms with Crippen LogP contribution in [-0.2, 0) is 0 Å². The first-order valence-electron chi connectivity index (χ1n) is 4.27. The van der Waals surface area contributed by atoms with Gasteiger partial charge in [-0.15, -0.1) is 0 Å². The Labute approximate surface area is 104 Å². The maximum absolute atomic E-state index is 5.90. The first kappa shape index (κ1) is 12.7. The Morgan fingerprint density at radius 1 is 1.13 bits per heavy atom. The molecule has 0 fully saturated rings. The van der Waals surface area contributed by atoms with Crippen LogP contribution in [0, 0.1) is 0 Å². The predicted octanol–water partition coefficient (Wildman–Crippen LogP) is 3.54. The highest BCUT2D eigenvalue weighted by Crippen LogP contribution is 2.35. The molecule has 0 heterocycles. The summed E-state index contributed by atoms with van der Waals surface area (Å²) in [6.45, 7) is 0.851. The summed E-state index contributed by atoms with van der Waals surface area (Å²) in [5, 5.41) is 1.28. The quantitative estimate of drug-likeness (QED) is 0.846. The summed E-state index contributed by atoms with van der Waals surface area (Å²) in [4.78, 5) is 0. The molecular weight excluding hydrogens is 256 g/mol. The summed E-state index contributed by atoms with van der Waals surface area (Å²) in [6.07, 6.45) is 3.58. The summed E-state index contributed by atoms with van der Waals surface area (Å²) in [5.41, 5.74) is 5.28. The number of ether oxygens (including phenoxy) is 1. The largest absolute Gasteiger partial charge is 0.486 e. The highest BCUT2D eigenvalue weighted by Gasteiger charge is 2.07. The van der Waals surface area contributed by atoms with Gasteiger partial charge in [-0.25, -0.2) is 0 Å². The van der Waals surface area contributed by atoms with E-state index in [0.717, 1.165) is 0 Å². The van der Waals surface area contributed by atoms with Crippen molar-refractivity contribution >= 4 is 34.8 Å². The van der Waals surface area contributed by atoms with E-state index in [4.69, 9.17) is 45.3 Å². The third-order valence-corrected chi connectivity index (χ3v) is 2.37. The fourth-order valence-electron chi connectivity index (χ4n) is 0.963. The van der Waals surface area contributed by atoms with Gasteiger partial charge in [-0.2, -0.15) is 0 Å². The molecule has 0 aliphatic carbocycles. The molecule has 15 heavy (non-hydrogen) atoms. The van der Waals surface area contributed by atoms with Gasteiger partial charge in [0.05, 0.1) is 10.0 Å². The van der Waals surface area contributed by atoms with Crippen LogP contribution in [0.15, 0.2) is 24.3 Å². The molecule has 0 aliphatic rings. The van der Waals surface area contributed by atoms with E-state index in [1.165, 1.54) is 0 Å². The van der Waals surface area contributed by atoms with Crippen molar-refractivity contribution in [3.05, 3.63) is 39.4 Å². The molecule has 0 radical (unpaired) electrons. The van der Waals surface area contributed by atoms with Gasteiger partial charge in [0, 0.05) is 11.6 Å².